The first-order chi connectivity index (χ1) is 14.2. The van der Waals surface area contributed by atoms with E-state index in [-0.39, 0.29) is 5.91 Å². The maximum atomic E-state index is 13.1. The number of nitrogens with one attached hydrogen (secondary N) is 1. The maximum Gasteiger partial charge on any atom is 0.259 e. The van der Waals surface area contributed by atoms with E-state index in [1.54, 1.807) is 25.1 Å². The zero-order valence-electron chi connectivity index (χ0n) is 15.1. The highest BCUT2D eigenvalue weighted by Crippen LogP contribution is 2.30. The van der Waals surface area contributed by atoms with Crippen LogP contribution in [-0.2, 0) is 0 Å². The van der Waals surface area contributed by atoms with Gasteiger partial charge in [0.1, 0.15) is 6.33 Å². The molecule has 9 nitrogen and oxygen atoms in total. The van der Waals surface area contributed by atoms with E-state index in [4.69, 9.17) is 4.52 Å². The van der Waals surface area contributed by atoms with Crippen molar-refractivity contribution in [2.45, 2.75) is 6.92 Å². The van der Waals surface area contributed by atoms with Crippen LogP contribution in [0.1, 0.15) is 16.1 Å². The average Bonchev–Trinajstić information content (AvgIpc) is 3.50. The van der Waals surface area contributed by atoms with Crippen LogP contribution in [-0.4, -0.2) is 36.3 Å². The van der Waals surface area contributed by atoms with Gasteiger partial charge in [0.2, 0.25) is 0 Å². The summed E-state index contributed by atoms with van der Waals surface area (Å²) < 4.78 is 6.85. The fourth-order valence-electron chi connectivity index (χ4n) is 3.03. The lowest BCUT2D eigenvalue weighted by Gasteiger charge is -2.09. The standard InChI is InChI=1S/C19H13N7O2S/c1-11-17-14(9-15(16-6-3-7-29-16)22-19(17)28-23-11)18(27)21-12-4-2-5-13(8-12)26-10-20-24-25-26/h2-10H,1H3,(H,21,27). The Morgan fingerprint density at radius 1 is 1.21 bits per heavy atom. The molecule has 4 heterocycles. The van der Waals surface area contributed by atoms with Crippen LogP contribution in [0.4, 0.5) is 5.69 Å². The van der Waals surface area contributed by atoms with Crippen LogP contribution in [0.5, 0.6) is 0 Å². The number of hydrogen-bond donors (Lipinski definition) is 1. The van der Waals surface area contributed by atoms with Crippen LogP contribution in [0.15, 0.2) is 58.7 Å². The smallest absolute Gasteiger partial charge is 0.259 e. The molecule has 0 aliphatic rings. The Bertz CT molecular complexity index is 1310. The van der Waals surface area contributed by atoms with Crippen LogP contribution in [0, 0.1) is 6.92 Å². The van der Waals surface area contributed by atoms with E-state index in [1.807, 2.05) is 29.6 Å². The number of amides is 1. The minimum atomic E-state index is -0.282. The van der Waals surface area contributed by atoms with Crippen molar-refractivity contribution >= 4 is 34.0 Å². The molecule has 10 heteroatoms. The molecule has 1 N–H and O–H groups in total. The average molecular weight is 403 g/mol. The van der Waals surface area contributed by atoms with Gasteiger partial charge in [-0.3, -0.25) is 4.79 Å². The van der Waals surface area contributed by atoms with Crippen LogP contribution in [0.25, 0.3) is 27.4 Å². The topological polar surface area (TPSA) is 112 Å². The maximum absolute atomic E-state index is 13.1. The van der Waals surface area contributed by atoms with Crippen LogP contribution in [0.2, 0.25) is 0 Å². The van der Waals surface area contributed by atoms with Gasteiger partial charge in [0, 0.05) is 5.69 Å². The number of carbonyl (C=O) groups excluding carboxylic acids is 1. The SMILES string of the molecule is Cc1noc2nc(-c3cccs3)cc(C(=O)Nc3cccc(-n4cnnn4)c3)c12. The van der Waals surface area contributed by atoms with E-state index in [2.05, 4.69) is 31.0 Å². The summed E-state index contributed by atoms with van der Waals surface area (Å²) in [6.07, 6.45) is 1.49. The second-order valence-corrected chi connectivity index (χ2v) is 7.19. The number of rotatable bonds is 4. The zero-order chi connectivity index (χ0) is 19.8. The lowest BCUT2D eigenvalue weighted by Crippen LogP contribution is -2.13. The summed E-state index contributed by atoms with van der Waals surface area (Å²) in [7, 11) is 0. The summed E-state index contributed by atoms with van der Waals surface area (Å²) in [5, 5.41) is 20.6. The number of benzene rings is 1. The highest BCUT2D eigenvalue weighted by Gasteiger charge is 2.20. The molecule has 0 atom stereocenters. The summed E-state index contributed by atoms with van der Waals surface area (Å²) in [4.78, 5) is 18.6. The molecule has 142 valence electrons. The molecule has 0 aliphatic carbocycles. The number of thiophene rings is 1. The normalized spacial score (nSPS) is 11.1. The number of pyridine rings is 1. The van der Waals surface area contributed by atoms with Crippen LogP contribution >= 0.6 is 11.3 Å². The van der Waals surface area contributed by atoms with E-state index in [9.17, 15) is 4.79 Å². The molecule has 4 aromatic heterocycles. The van der Waals surface area contributed by atoms with Gasteiger partial charge in [-0.25, -0.2) is 9.67 Å². The second kappa shape index (κ2) is 6.91. The first kappa shape index (κ1) is 17.2. The van der Waals surface area contributed by atoms with E-state index in [1.165, 1.54) is 22.3 Å². The van der Waals surface area contributed by atoms with Gasteiger partial charge in [-0.05, 0) is 53.1 Å². The molecule has 0 spiro atoms. The first-order valence-electron chi connectivity index (χ1n) is 8.65. The number of hydrogen-bond acceptors (Lipinski definition) is 8. The predicted molar refractivity (Wildman–Crippen MR) is 107 cm³/mol. The number of aromatic nitrogens is 6. The summed E-state index contributed by atoms with van der Waals surface area (Å²) in [6.45, 7) is 1.79. The Labute approximate surface area is 168 Å². The van der Waals surface area contributed by atoms with Crippen LogP contribution in [0.3, 0.4) is 0 Å². The fraction of sp³-hybridized carbons (Fsp3) is 0.0526. The minimum absolute atomic E-state index is 0.282. The molecule has 0 aliphatic heterocycles. The van der Waals surface area contributed by atoms with E-state index < -0.39 is 0 Å². The van der Waals surface area contributed by atoms with Crippen molar-refractivity contribution in [1.29, 1.82) is 0 Å². The molecule has 0 saturated carbocycles. The molecule has 1 aromatic carbocycles. The van der Waals surface area contributed by atoms with Gasteiger partial charge >= 0.3 is 0 Å². The van der Waals surface area contributed by atoms with Gasteiger partial charge in [0.05, 0.1) is 32.9 Å². The number of carbonyl (C=O) groups is 1. The van der Waals surface area contributed by atoms with Gasteiger partial charge in [0.25, 0.3) is 11.6 Å². The molecule has 0 saturated heterocycles. The monoisotopic (exact) mass is 403 g/mol. The van der Waals surface area contributed by atoms with E-state index in [0.717, 1.165) is 10.6 Å². The van der Waals surface area contributed by atoms with E-state index in [0.29, 0.717) is 33.7 Å². The minimum Gasteiger partial charge on any atom is -0.335 e. The van der Waals surface area contributed by atoms with Crippen molar-refractivity contribution in [1.82, 2.24) is 30.3 Å². The molecule has 1 amide bonds. The molecule has 5 aromatic rings. The molecular formula is C19H13N7O2S. The number of fused-ring (bicyclic) bond motifs is 1. The Hall–Kier alpha value is -3.92. The number of nitrogens with zero attached hydrogens (tertiary/aromatic N) is 6. The highest BCUT2D eigenvalue weighted by atomic mass is 32.1. The summed E-state index contributed by atoms with van der Waals surface area (Å²) in [6, 6.07) is 12.9. The molecule has 0 bridgehead atoms. The number of aryl methyl sites for hydroxylation is 1. The Kier molecular flexibility index (Phi) is 4.10. The van der Waals surface area contributed by atoms with Gasteiger partial charge in [-0.1, -0.05) is 17.3 Å². The van der Waals surface area contributed by atoms with Gasteiger partial charge in [0.15, 0.2) is 0 Å². The lowest BCUT2D eigenvalue weighted by atomic mass is 10.1. The van der Waals surface area contributed by atoms with Gasteiger partial charge in [-0.15, -0.1) is 16.4 Å². The molecule has 5 rings (SSSR count). The fourth-order valence-corrected chi connectivity index (χ4v) is 3.71. The largest absolute Gasteiger partial charge is 0.335 e. The third-order valence-corrected chi connectivity index (χ3v) is 5.25. The Morgan fingerprint density at radius 2 is 2.14 bits per heavy atom. The molecular weight excluding hydrogens is 390 g/mol. The predicted octanol–water partition coefficient (Wildman–Crippen LogP) is 3.49. The third kappa shape index (κ3) is 3.15. The quantitative estimate of drug-likeness (QED) is 0.489. The first-order valence-corrected chi connectivity index (χ1v) is 9.53. The van der Waals surface area contributed by atoms with E-state index >= 15 is 0 Å². The van der Waals surface area contributed by atoms with Crippen molar-refractivity contribution in [2.75, 3.05) is 5.32 Å². The Balaban J connectivity index is 1.54. The van der Waals surface area contributed by atoms with Gasteiger partial charge < -0.3 is 9.84 Å². The highest BCUT2D eigenvalue weighted by molar-refractivity contribution is 7.13. The van der Waals surface area contributed by atoms with Gasteiger partial charge in [-0.2, -0.15) is 0 Å². The summed E-state index contributed by atoms with van der Waals surface area (Å²) in [5.41, 5.74) is 3.40. The zero-order valence-corrected chi connectivity index (χ0v) is 15.9. The number of anilines is 1. The molecule has 0 unspecified atom stereocenters. The third-order valence-electron chi connectivity index (χ3n) is 4.35. The molecule has 29 heavy (non-hydrogen) atoms. The van der Waals surface area contributed by atoms with Crippen molar-refractivity contribution < 1.29 is 9.32 Å². The lowest BCUT2D eigenvalue weighted by molar-refractivity contribution is 0.102. The van der Waals surface area contributed by atoms with Crippen molar-refractivity contribution in [3.8, 4) is 16.3 Å². The van der Waals surface area contributed by atoms with Crippen molar-refractivity contribution in [2.24, 2.45) is 0 Å². The molecule has 0 fully saturated rings. The summed E-state index contributed by atoms with van der Waals surface area (Å²) >= 11 is 1.54. The Morgan fingerprint density at radius 3 is 2.93 bits per heavy atom. The van der Waals surface area contributed by atoms with Crippen molar-refractivity contribution in [3.05, 3.63) is 65.4 Å². The summed E-state index contributed by atoms with van der Waals surface area (Å²) in [5.74, 6) is -0.282. The molecule has 0 radical (unpaired) electrons. The number of tetrazole rings is 1. The van der Waals surface area contributed by atoms with Crippen molar-refractivity contribution in [3.63, 3.8) is 0 Å². The second-order valence-electron chi connectivity index (χ2n) is 6.24. The van der Waals surface area contributed by atoms with Crippen LogP contribution < -0.4 is 5.32 Å².